The van der Waals surface area contributed by atoms with Crippen LogP contribution in [0.15, 0.2) is 49.2 Å². The molecule has 3 aromatic rings. The SMILES string of the molecule is O=C(CCc1c[nH]c2ccccc12)NCCn1ccnc1. The van der Waals surface area contributed by atoms with Crippen LogP contribution in [0.2, 0.25) is 0 Å². The Labute approximate surface area is 123 Å². The Balaban J connectivity index is 1.47. The largest absolute Gasteiger partial charge is 0.361 e. The number of hydrogen-bond acceptors (Lipinski definition) is 2. The van der Waals surface area contributed by atoms with Crippen LogP contribution in [0.3, 0.4) is 0 Å². The van der Waals surface area contributed by atoms with Crippen molar-refractivity contribution in [1.82, 2.24) is 19.9 Å². The van der Waals surface area contributed by atoms with E-state index in [4.69, 9.17) is 0 Å². The molecule has 0 spiro atoms. The van der Waals surface area contributed by atoms with Crippen LogP contribution in [0.25, 0.3) is 10.9 Å². The first-order valence-electron chi connectivity index (χ1n) is 7.10. The average molecular weight is 282 g/mol. The van der Waals surface area contributed by atoms with E-state index in [2.05, 4.69) is 21.4 Å². The van der Waals surface area contributed by atoms with Crippen molar-refractivity contribution >= 4 is 16.8 Å². The summed E-state index contributed by atoms with van der Waals surface area (Å²) in [4.78, 5) is 19.1. The van der Waals surface area contributed by atoms with Gasteiger partial charge in [0, 0.05) is 49.0 Å². The highest BCUT2D eigenvalue weighted by atomic mass is 16.1. The van der Waals surface area contributed by atoms with E-state index in [-0.39, 0.29) is 5.91 Å². The van der Waals surface area contributed by atoms with Crippen molar-refractivity contribution in [3.05, 3.63) is 54.7 Å². The summed E-state index contributed by atoms with van der Waals surface area (Å²) in [6, 6.07) is 8.15. The molecule has 5 nitrogen and oxygen atoms in total. The molecule has 0 aliphatic rings. The Morgan fingerprint density at radius 2 is 2.24 bits per heavy atom. The minimum absolute atomic E-state index is 0.0837. The summed E-state index contributed by atoms with van der Waals surface area (Å²) < 4.78 is 1.94. The average Bonchev–Trinajstić information content (AvgIpc) is 3.14. The number of benzene rings is 1. The second kappa shape index (κ2) is 6.26. The van der Waals surface area contributed by atoms with Crippen molar-refractivity contribution in [2.45, 2.75) is 19.4 Å². The van der Waals surface area contributed by atoms with Gasteiger partial charge in [0.05, 0.1) is 6.33 Å². The summed E-state index contributed by atoms with van der Waals surface area (Å²) in [6.45, 7) is 1.38. The molecule has 0 radical (unpaired) electrons. The van der Waals surface area contributed by atoms with Crippen LogP contribution in [-0.2, 0) is 17.8 Å². The lowest BCUT2D eigenvalue weighted by Gasteiger charge is -2.05. The second-order valence-corrected chi connectivity index (χ2v) is 5.01. The number of aromatic nitrogens is 3. The fourth-order valence-corrected chi connectivity index (χ4v) is 2.42. The summed E-state index contributed by atoms with van der Waals surface area (Å²) in [5.41, 5.74) is 2.31. The first-order chi connectivity index (χ1) is 10.3. The zero-order chi connectivity index (χ0) is 14.5. The van der Waals surface area contributed by atoms with Gasteiger partial charge in [-0.15, -0.1) is 0 Å². The minimum atomic E-state index is 0.0837. The number of nitrogens with zero attached hydrogens (tertiary/aromatic N) is 2. The first-order valence-corrected chi connectivity index (χ1v) is 7.10. The van der Waals surface area contributed by atoms with E-state index in [0.29, 0.717) is 13.0 Å². The molecule has 0 fully saturated rings. The molecule has 0 aliphatic heterocycles. The third-order valence-corrected chi connectivity index (χ3v) is 3.55. The monoisotopic (exact) mass is 282 g/mol. The number of rotatable bonds is 6. The highest BCUT2D eigenvalue weighted by molar-refractivity contribution is 5.84. The topological polar surface area (TPSA) is 62.7 Å². The van der Waals surface area contributed by atoms with Gasteiger partial charge >= 0.3 is 0 Å². The van der Waals surface area contributed by atoms with Gasteiger partial charge in [0.25, 0.3) is 0 Å². The number of aryl methyl sites for hydroxylation is 1. The van der Waals surface area contributed by atoms with Gasteiger partial charge in [0.2, 0.25) is 5.91 Å². The molecule has 0 bridgehead atoms. The molecule has 108 valence electrons. The van der Waals surface area contributed by atoms with E-state index in [1.54, 1.807) is 12.5 Å². The molecule has 1 amide bonds. The summed E-state index contributed by atoms with van der Waals surface area (Å²) in [7, 11) is 0. The van der Waals surface area contributed by atoms with Crippen molar-refractivity contribution in [1.29, 1.82) is 0 Å². The molecular formula is C16H18N4O. The van der Waals surface area contributed by atoms with Gasteiger partial charge in [-0.25, -0.2) is 4.98 Å². The Morgan fingerprint density at radius 1 is 1.33 bits per heavy atom. The number of para-hydroxylation sites is 1. The highest BCUT2D eigenvalue weighted by Crippen LogP contribution is 2.18. The molecule has 0 aliphatic carbocycles. The van der Waals surface area contributed by atoms with Crippen molar-refractivity contribution < 1.29 is 4.79 Å². The maximum atomic E-state index is 11.9. The summed E-state index contributed by atoms with van der Waals surface area (Å²) in [5.74, 6) is 0.0837. The van der Waals surface area contributed by atoms with E-state index in [9.17, 15) is 4.79 Å². The normalized spacial score (nSPS) is 10.9. The van der Waals surface area contributed by atoms with E-state index in [0.717, 1.165) is 18.5 Å². The van der Waals surface area contributed by atoms with Gasteiger partial charge in [-0.3, -0.25) is 4.79 Å². The van der Waals surface area contributed by atoms with Crippen LogP contribution < -0.4 is 5.32 Å². The van der Waals surface area contributed by atoms with Crippen LogP contribution in [0, 0.1) is 0 Å². The summed E-state index contributed by atoms with van der Waals surface area (Å²) in [5, 5.41) is 4.13. The van der Waals surface area contributed by atoms with E-state index in [1.165, 1.54) is 10.9 Å². The Morgan fingerprint density at radius 3 is 3.10 bits per heavy atom. The van der Waals surface area contributed by atoms with Crippen molar-refractivity contribution in [2.75, 3.05) is 6.54 Å². The number of imidazole rings is 1. The lowest BCUT2D eigenvalue weighted by atomic mass is 10.1. The van der Waals surface area contributed by atoms with Crippen molar-refractivity contribution in [3.8, 4) is 0 Å². The Hall–Kier alpha value is -2.56. The van der Waals surface area contributed by atoms with Gasteiger partial charge in [-0.05, 0) is 18.1 Å². The molecule has 0 unspecified atom stereocenters. The molecule has 2 heterocycles. The fraction of sp³-hybridized carbons (Fsp3) is 0.250. The van der Waals surface area contributed by atoms with Gasteiger partial charge in [0.15, 0.2) is 0 Å². The van der Waals surface area contributed by atoms with E-state index >= 15 is 0 Å². The van der Waals surface area contributed by atoms with Crippen LogP contribution >= 0.6 is 0 Å². The molecule has 2 aromatic heterocycles. The lowest BCUT2D eigenvalue weighted by molar-refractivity contribution is -0.121. The zero-order valence-electron chi connectivity index (χ0n) is 11.7. The number of hydrogen-bond donors (Lipinski definition) is 2. The molecule has 1 aromatic carbocycles. The smallest absolute Gasteiger partial charge is 0.220 e. The summed E-state index contributed by atoms with van der Waals surface area (Å²) >= 11 is 0. The molecule has 0 saturated heterocycles. The maximum Gasteiger partial charge on any atom is 0.220 e. The van der Waals surface area contributed by atoms with Crippen molar-refractivity contribution in [2.24, 2.45) is 0 Å². The van der Waals surface area contributed by atoms with Gasteiger partial charge in [0.1, 0.15) is 0 Å². The predicted octanol–water partition coefficient (Wildman–Crippen LogP) is 2.11. The first kappa shape index (κ1) is 13.4. The standard InChI is InChI=1S/C16H18N4O/c21-16(18-8-10-20-9-7-17-12-20)6-5-13-11-19-15-4-2-1-3-14(13)15/h1-4,7,9,11-12,19H,5-6,8,10H2,(H,18,21). The fourth-order valence-electron chi connectivity index (χ4n) is 2.42. The van der Waals surface area contributed by atoms with Crippen LogP contribution in [0.5, 0.6) is 0 Å². The number of aromatic amines is 1. The zero-order valence-corrected chi connectivity index (χ0v) is 11.7. The number of carbonyl (C=O) groups excluding carboxylic acids is 1. The van der Waals surface area contributed by atoms with Gasteiger partial charge in [-0.1, -0.05) is 18.2 Å². The maximum absolute atomic E-state index is 11.9. The molecular weight excluding hydrogens is 264 g/mol. The van der Waals surface area contributed by atoms with Crippen LogP contribution in [-0.4, -0.2) is 27.0 Å². The molecule has 5 heteroatoms. The molecule has 2 N–H and O–H groups in total. The molecule has 0 atom stereocenters. The van der Waals surface area contributed by atoms with E-state index < -0.39 is 0 Å². The van der Waals surface area contributed by atoms with Gasteiger partial charge in [-0.2, -0.15) is 0 Å². The van der Waals surface area contributed by atoms with Crippen LogP contribution in [0.4, 0.5) is 0 Å². The number of H-pyrrole nitrogens is 1. The van der Waals surface area contributed by atoms with E-state index in [1.807, 2.05) is 35.2 Å². The Kier molecular flexibility index (Phi) is 4.00. The summed E-state index contributed by atoms with van der Waals surface area (Å²) in [6.07, 6.45) is 8.62. The number of amides is 1. The Bertz CT molecular complexity index is 715. The number of nitrogens with one attached hydrogen (secondary N) is 2. The predicted molar refractivity (Wildman–Crippen MR) is 81.9 cm³/mol. The quantitative estimate of drug-likeness (QED) is 0.727. The van der Waals surface area contributed by atoms with Crippen molar-refractivity contribution in [3.63, 3.8) is 0 Å². The highest BCUT2D eigenvalue weighted by Gasteiger charge is 2.06. The molecule has 21 heavy (non-hydrogen) atoms. The molecule has 0 saturated carbocycles. The second-order valence-electron chi connectivity index (χ2n) is 5.01. The third kappa shape index (κ3) is 3.31. The van der Waals surface area contributed by atoms with Crippen LogP contribution in [0.1, 0.15) is 12.0 Å². The van der Waals surface area contributed by atoms with Gasteiger partial charge < -0.3 is 14.9 Å². The third-order valence-electron chi connectivity index (χ3n) is 3.55. The number of fused-ring (bicyclic) bond motifs is 1. The number of carbonyl (C=O) groups is 1. The molecule has 3 rings (SSSR count). The lowest BCUT2D eigenvalue weighted by Crippen LogP contribution is -2.27. The minimum Gasteiger partial charge on any atom is -0.361 e.